The summed E-state index contributed by atoms with van der Waals surface area (Å²) >= 11 is 0. The second kappa shape index (κ2) is 9.41. The van der Waals surface area contributed by atoms with Crippen LogP contribution in [0, 0.1) is 5.92 Å². The van der Waals surface area contributed by atoms with Crippen LogP contribution in [0.1, 0.15) is 24.1 Å². The number of fused-ring (bicyclic) bond motifs is 3. The molecule has 0 spiro atoms. The molecule has 0 saturated carbocycles. The van der Waals surface area contributed by atoms with Gasteiger partial charge < -0.3 is 14.4 Å². The van der Waals surface area contributed by atoms with Crippen LogP contribution < -0.4 is 14.5 Å². The first-order valence-electron chi connectivity index (χ1n) is 11.6. The number of hydrogen-bond donors (Lipinski definition) is 0. The highest BCUT2D eigenvalue weighted by Gasteiger charge is 2.41. The monoisotopic (exact) mass is 488 g/mol. The first-order chi connectivity index (χ1) is 16.8. The van der Waals surface area contributed by atoms with Crippen molar-refractivity contribution in [3.05, 3.63) is 53.9 Å². The molecule has 10 heteroatoms. The molecule has 7 nitrogen and oxygen atoms in total. The Kier molecular flexibility index (Phi) is 6.31. The van der Waals surface area contributed by atoms with E-state index in [0.717, 1.165) is 24.3 Å². The quantitative estimate of drug-likeness (QED) is 0.612. The summed E-state index contributed by atoms with van der Waals surface area (Å²) in [6, 6.07) is 9.00. The van der Waals surface area contributed by atoms with Crippen molar-refractivity contribution in [2.24, 2.45) is 5.92 Å². The van der Waals surface area contributed by atoms with Gasteiger partial charge in [-0.3, -0.25) is 14.8 Å². The number of amides is 2. The number of benzene rings is 1. The lowest BCUT2D eigenvalue weighted by Crippen LogP contribution is -2.49. The highest BCUT2D eigenvalue weighted by atomic mass is 19.4. The molecule has 4 heterocycles. The van der Waals surface area contributed by atoms with Crippen LogP contribution in [0.3, 0.4) is 0 Å². The topological polar surface area (TPSA) is 58.1 Å². The molecule has 1 atom stereocenters. The van der Waals surface area contributed by atoms with Crippen molar-refractivity contribution in [2.75, 3.05) is 49.8 Å². The maximum Gasteiger partial charge on any atom is 0.389 e. The van der Waals surface area contributed by atoms with E-state index in [1.165, 1.54) is 4.90 Å². The van der Waals surface area contributed by atoms with Crippen molar-refractivity contribution in [3.63, 3.8) is 0 Å². The number of ether oxygens (including phenoxy) is 2. The Balaban J connectivity index is 1.52. The van der Waals surface area contributed by atoms with Crippen LogP contribution in [0.2, 0.25) is 0 Å². The van der Waals surface area contributed by atoms with E-state index in [1.54, 1.807) is 24.3 Å². The fourth-order valence-corrected chi connectivity index (χ4v) is 4.86. The van der Waals surface area contributed by atoms with Gasteiger partial charge >= 0.3 is 12.2 Å². The summed E-state index contributed by atoms with van der Waals surface area (Å²) in [6.45, 7) is 2.95. The second-order valence-corrected chi connectivity index (χ2v) is 9.00. The normalized spacial score (nSPS) is 20.3. The number of morpholine rings is 1. The number of carbonyl (C=O) groups is 1. The number of hydrogen-bond acceptors (Lipinski definition) is 5. The van der Waals surface area contributed by atoms with Gasteiger partial charge in [-0.25, -0.2) is 4.79 Å². The summed E-state index contributed by atoms with van der Waals surface area (Å²) in [4.78, 5) is 23.6. The lowest BCUT2D eigenvalue weighted by molar-refractivity contribution is -0.145. The van der Waals surface area contributed by atoms with Crippen LogP contribution in [0.5, 0.6) is 5.75 Å². The number of halogens is 3. The lowest BCUT2D eigenvalue weighted by Gasteiger charge is -2.42. The van der Waals surface area contributed by atoms with E-state index >= 15 is 0 Å². The standard InChI is InChI=1S/C25H27F3N4O3/c1-34-20-5-2-17(3-6-20)15-32-22-12-19(30-8-10-35-11-9-30)14-29-23(22)21-7-4-18(13-25(26,27)28)16-31(21)24(32)33/h2-3,5-7,12,14,18H,4,8-11,13,15-16H2,1H3. The summed E-state index contributed by atoms with van der Waals surface area (Å²) < 4.78 is 49.9. The van der Waals surface area contributed by atoms with Gasteiger partial charge in [0, 0.05) is 26.1 Å². The third kappa shape index (κ3) is 4.93. The van der Waals surface area contributed by atoms with Crippen molar-refractivity contribution in [2.45, 2.75) is 25.6 Å². The van der Waals surface area contributed by atoms with Gasteiger partial charge in [-0.2, -0.15) is 13.2 Å². The van der Waals surface area contributed by atoms with Crippen molar-refractivity contribution in [1.29, 1.82) is 0 Å². The average Bonchev–Trinajstić information content (AvgIpc) is 2.86. The van der Waals surface area contributed by atoms with Crippen LogP contribution in [-0.2, 0) is 11.3 Å². The first-order valence-corrected chi connectivity index (χ1v) is 11.6. The number of anilines is 2. The molecule has 35 heavy (non-hydrogen) atoms. The molecule has 0 aliphatic carbocycles. The highest BCUT2D eigenvalue weighted by Crippen LogP contribution is 2.42. The molecule has 1 aromatic carbocycles. The van der Waals surface area contributed by atoms with Crippen LogP contribution in [0.4, 0.5) is 29.3 Å². The third-order valence-corrected chi connectivity index (χ3v) is 6.62. The van der Waals surface area contributed by atoms with Crippen molar-refractivity contribution in [3.8, 4) is 5.75 Å². The zero-order valence-electron chi connectivity index (χ0n) is 19.4. The van der Waals surface area contributed by atoms with E-state index in [2.05, 4.69) is 4.90 Å². The summed E-state index contributed by atoms with van der Waals surface area (Å²) in [5.41, 5.74) is 3.62. The second-order valence-electron chi connectivity index (χ2n) is 9.00. The fraction of sp³-hybridized carbons (Fsp3) is 0.440. The Labute approximate surface area is 201 Å². The third-order valence-electron chi connectivity index (χ3n) is 6.62. The van der Waals surface area contributed by atoms with E-state index < -0.39 is 18.5 Å². The number of rotatable bonds is 5. The Morgan fingerprint density at radius 3 is 2.60 bits per heavy atom. The molecule has 5 rings (SSSR count). The van der Waals surface area contributed by atoms with Gasteiger partial charge in [0.15, 0.2) is 0 Å². The number of carbonyl (C=O) groups excluding carboxylic acids is 1. The van der Waals surface area contributed by atoms with E-state index in [1.807, 2.05) is 30.3 Å². The van der Waals surface area contributed by atoms with Gasteiger partial charge in [-0.15, -0.1) is 0 Å². The van der Waals surface area contributed by atoms with E-state index in [4.69, 9.17) is 14.5 Å². The van der Waals surface area contributed by atoms with Crippen molar-refractivity contribution in [1.82, 2.24) is 9.88 Å². The zero-order valence-corrected chi connectivity index (χ0v) is 19.4. The molecule has 1 aromatic heterocycles. The highest BCUT2D eigenvalue weighted by molar-refractivity contribution is 6.04. The molecule has 3 aliphatic heterocycles. The maximum atomic E-state index is 13.7. The molecule has 1 unspecified atom stereocenters. The van der Waals surface area contributed by atoms with Gasteiger partial charge in [-0.05, 0) is 36.1 Å². The molecule has 2 aromatic rings. The molecular formula is C25H27F3N4O3. The Bertz CT molecular complexity index is 1110. The minimum Gasteiger partial charge on any atom is -0.497 e. The summed E-state index contributed by atoms with van der Waals surface area (Å²) in [7, 11) is 1.58. The zero-order chi connectivity index (χ0) is 24.6. The Morgan fingerprint density at radius 1 is 1.17 bits per heavy atom. The smallest absolute Gasteiger partial charge is 0.389 e. The predicted molar refractivity (Wildman–Crippen MR) is 125 cm³/mol. The SMILES string of the molecule is COc1ccc(CN2C(=O)N3CC(CC(F)(F)F)CC=C3c3ncc(N4CCOCC4)cc32)cc1. The molecule has 3 aliphatic rings. The molecule has 1 fully saturated rings. The Morgan fingerprint density at radius 2 is 1.91 bits per heavy atom. The molecular weight excluding hydrogens is 461 g/mol. The summed E-state index contributed by atoms with van der Waals surface area (Å²) in [5, 5.41) is 0. The van der Waals surface area contributed by atoms with Gasteiger partial charge in [0.2, 0.25) is 0 Å². The molecule has 0 N–H and O–H groups in total. The fourth-order valence-electron chi connectivity index (χ4n) is 4.86. The summed E-state index contributed by atoms with van der Waals surface area (Å²) in [6.07, 6.45) is -1.45. The minimum absolute atomic E-state index is 0.00955. The number of alkyl halides is 3. The van der Waals surface area contributed by atoms with Gasteiger partial charge in [0.1, 0.15) is 11.4 Å². The number of nitrogens with zero attached hydrogens (tertiary/aromatic N) is 4. The average molecular weight is 489 g/mol. The van der Waals surface area contributed by atoms with Crippen LogP contribution in [0.15, 0.2) is 42.6 Å². The number of aromatic nitrogens is 1. The number of allylic oxidation sites excluding steroid dienone is 1. The van der Waals surface area contributed by atoms with Gasteiger partial charge in [-0.1, -0.05) is 18.2 Å². The van der Waals surface area contributed by atoms with E-state index in [-0.39, 0.29) is 25.5 Å². The van der Waals surface area contributed by atoms with Crippen molar-refractivity contribution < 1.29 is 27.4 Å². The molecule has 2 amide bonds. The molecule has 0 radical (unpaired) electrons. The Hall–Kier alpha value is -3.27. The largest absolute Gasteiger partial charge is 0.497 e. The van der Waals surface area contributed by atoms with Crippen molar-refractivity contribution >= 4 is 23.1 Å². The van der Waals surface area contributed by atoms with Crippen LogP contribution >= 0.6 is 0 Å². The number of methoxy groups -OCH3 is 1. The number of pyridine rings is 1. The van der Waals surface area contributed by atoms with Gasteiger partial charge in [0.05, 0.1) is 50.1 Å². The lowest BCUT2D eigenvalue weighted by atomic mass is 9.93. The van der Waals surface area contributed by atoms with E-state index in [0.29, 0.717) is 36.0 Å². The summed E-state index contributed by atoms with van der Waals surface area (Å²) in [5.74, 6) is 0.0198. The minimum atomic E-state index is -4.28. The molecule has 0 bridgehead atoms. The van der Waals surface area contributed by atoms with Crippen LogP contribution in [0.25, 0.3) is 5.70 Å². The first kappa shape index (κ1) is 23.5. The molecule has 186 valence electrons. The molecule has 1 saturated heterocycles. The van der Waals surface area contributed by atoms with E-state index in [9.17, 15) is 18.0 Å². The maximum absolute atomic E-state index is 13.7. The number of urea groups is 1. The van der Waals surface area contributed by atoms with Crippen LogP contribution in [-0.4, -0.2) is 62.0 Å². The van der Waals surface area contributed by atoms with Gasteiger partial charge in [0.25, 0.3) is 0 Å². The predicted octanol–water partition coefficient (Wildman–Crippen LogP) is 4.68.